The van der Waals surface area contributed by atoms with Crippen molar-refractivity contribution in [3.63, 3.8) is 0 Å². The van der Waals surface area contributed by atoms with Crippen molar-refractivity contribution < 1.29 is 0 Å². The fraction of sp³-hybridized carbons (Fsp3) is 0.455. The van der Waals surface area contributed by atoms with Gasteiger partial charge in [0.2, 0.25) is 0 Å². The Balaban J connectivity index is 2.29. The molecule has 0 radical (unpaired) electrons. The molecule has 16 heavy (non-hydrogen) atoms. The fourth-order valence-electron chi connectivity index (χ4n) is 1.21. The second-order valence-corrected chi connectivity index (χ2v) is 7.21. The number of hydrogen-bond acceptors (Lipinski definition) is 4. The Labute approximate surface area is 112 Å². The summed E-state index contributed by atoms with van der Waals surface area (Å²) in [5, 5.41) is 0. The molecule has 0 unspecified atom stereocenters. The largest absolute Gasteiger partial charge is 0.231 e. The zero-order valence-electron chi connectivity index (χ0n) is 9.45. The predicted molar refractivity (Wildman–Crippen MR) is 75.4 cm³/mol. The van der Waals surface area contributed by atoms with Gasteiger partial charge in [0.15, 0.2) is 9.99 Å². The average molecular weight is 317 g/mol. The van der Waals surface area contributed by atoms with Crippen LogP contribution >= 0.6 is 39.0 Å². The van der Waals surface area contributed by atoms with Crippen molar-refractivity contribution in [1.29, 1.82) is 0 Å². The van der Waals surface area contributed by atoms with Gasteiger partial charge in [-0.3, -0.25) is 0 Å². The van der Waals surface area contributed by atoms with Gasteiger partial charge in [0.05, 0.1) is 10.4 Å². The molecule has 0 atom stereocenters. The van der Waals surface area contributed by atoms with E-state index in [1.54, 1.807) is 11.3 Å². The first-order valence-corrected chi connectivity index (χ1v) is 7.72. The highest BCUT2D eigenvalue weighted by Crippen LogP contribution is 2.31. The van der Waals surface area contributed by atoms with Crippen LogP contribution in [0.15, 0.2) is 14.9 Å². The smallest absolute Gasteiger partial charge is 0.171 e. The summed E-state index contributed by atoms with van der Waals surface area (Å²) in [6.45, 7) is 6.43. The van der Waals surface area contributed by atoms with Crippen LogP contribution in [0.4, 0.5) is 0 Å². The van der Waals surface area contributed by atoms with E-state index in [1.807, 2.05) is 18.7 Å². The molecule has 86 valence electrons. The summed E-state index contributed by atoms with van der Waals surface area (Å²) in [5.74, 6) is 1.80. The monoisotopic (exact) mass is 316 g/mol. The molecule has 0 amide bonds. The Bertz CT molecular complexity index is 469. The van der Waals surface area contributed by atoms with Crippen molar-refractivity contribution in [2.45, 2.75) is 25.1 Å². The third kappa shape index (κ3) is 2.76. The molecule has 0 aliphatic heterocycles. The van der Waals surface area contributed by atoms with Gasteiger partial charge in [-0.15, -0.1) is 11.3 Å². The Morgan fingerprint density at radius 3 is 2.88 bits per heavy atom. The highest BCUT2D eigenvalue weighted by atomic mass is 79.9. The van der Waals surface area contributed by atoms with E-state index in [4.69, 9.17) is 0 Å². The van der Waals surface area contributed by atoms with Gasteiger partial charge in [0.1, 0.15) is 0 Å². The van der Waals surface area contributed by atoms with Crippen LogP contribution in [0.3, 0.4) is 0 Å². The summed E-state index contributed by atoms with van der Waals surface area (Å²) in [4.78, 5) is 9.00. The Morgan fingerprint density at radius 1 is 1.44 bits per heavy atom. The standard InChI is InChI=1S/C11H13BrN2S2/c1-6(2)5-15-11-14-10-9(16-11)4-8(12)7(3)13-10/h4,6H,5H2,1-3H3. The molecule has 0 bridgehead atoms. The SMILES string of the molecule is Cc1nc2nc(SCC(C)C)sc2cc1Br. The van der Waals surface area contributed by atoms with E-state index in [-0.39, 0.29) is 0 Å². The lowest BCUT2D eigenvalue weighted by Crippen LogP contribution is -1.89. The van der Waals surface area contributed by atoms with Gasteiger partial charge in [0, 0.05) is 10.2 Å². The Hall–Kier alpha value is -0.130. The number of nitrogens with zero attached hydrogens (tertiary/aromatic N) is 2. The molecule has 2 heterocycles. The summed E-state index contributed by atoms with van der Waals surface area (Å²) in [6.07, 6.45) is 0. The second kappa shape index (κ2) is 5.02. The molecular formula is C11H13BrN2S2. The van der Waals surface area contributed by atoms with Gasteiger partial charge < -0.3 is 0 Å². The lowest BCUT2D eigenvalue weighted by atomic mass is 10.3. The number of thiazole rings is 1. The van der Waals surface area contributed by atoms with Gasteiger partial charge in [-0.1, -0.05) is 25.6 Å². The third-order valence-electron chi connectivity index (χ3n) is 2.03. The van der Waals surface area contributed by atoms with Crippen molar-refractivity contribution in [2.75, 3.05) is 5.75 Å². The molecular weight excluding hydrogens is 304 g/mol. The molecule has 0 aliphatic rings. The minimum Gasteiger partial charge on any atom is -0.231 e. The zero-order valence-corrected chi connectivity index (χ0v) is 12.7. The van der Waals surface area contributed by atoms with Gasteiger partial charge in [-0.05, 0) is 34.8 Å². The van der Waals surface area contributed by atoms with Crippen LogP contribution in [0.1, 0.15) is 19.5 Å². The highest BCUT2D eigenvalue weighted by molar-refractivity contribution is 9.10. The van der Waals surface area contributed by atoms with E-state index in [9.17, 15) is 0 Å². The first-order valence-electron chi connectivity index (χ1n) is 5.12. The maximum atomic E-state index is 4.54. The van der Waals surface area contributed by atoms with E-state index < -0.39 is 0 Å². The minimum atomic E-state index is 0.693. The van der Waals surface area contributed by atoms with Crippen molar-refractivity contribution >= 4 is 49.4 Å². The Kier molecular flexibility index (Phi) is 3.87. The van der Waals surface area contributed by atoms with Crippen LogP contribution in [0.25, 0.3) is 10.3 Å². The van der Waals surface area contributed by atoms with E-state index in [1.165, 1.54) is 0 Å². The number of pyridine rings is 1. The van der Waals surface area contributed by atoms with E-state index in [0.29, 0.717) is 5.92 Å². The summed E-state index contributed by atoms with van der Waals surface area (Å²) in [7, 11) is 0. The maximum absolute atomic E-state index is 4.54. The molecule has 2 nitrogen and oxygen atoms in total. The van der Waals surface area contributed by atoms with Crippen LogP contribution < -0.4 is 0 Å². The average Bonchev–Trinajstić information content (AvgIpc) is 2.58. The summed E-state index contributed by atoms with van der Waals surface area (Å²) < 4.78 is 3.33. The summed E-state index contributed by atoms with van der Waals surface area (Å²) in [5.41, 5.74) is 1.87. The number of rotatable bonds is 3. The number of fused-ring (bicyclic) bond motifs is 1. The first-order chi connectivity index (χ1) is 7.56. The van der Waals surface area contributed by atoms with Crippen molar-refractivity contribution in [3.05, 3.63) is 16.2 Å². The molecule has 2 rings (SSSR count). The number of hydrogen-bond donors (Lipinski definition) is 0. The molecule has 0 saturated carbocycles. The summed E-state index contributed by atoms with van der Waals surface area (Å²) >= 11 is 7.04. The van der Waals surface area contributed by atoms with Crippen molar-refractivity contribution in [1.82, 2.24) is 9.97 Å². The lowest BCUT2D eigenvalue weighted by molar-refractivity contribution is 0.750. The molecule has 5 heteroatoms. The quantitative estimate of drug-likeness (QED) is 0.779. The minimum absolute atomic E-state index is 0.693. The molecule has 0 fully saturated rings. The lowest BCUT2D eigenvalue weighted by Gasteiger charge is -1.99. The first kappa shape index (κ1) is 12.3. The maximum Gasteiger partial charge on any atom is 0.171 e. The van der Waals surface area contributed by atoms with E-state index in [2.05, 4.69) is 45.8 Å². The van der Waals surface area contributed by atoms with E-state index in [0.717, 1.165) is 30.6 Å². The fourth-order valence-corrected chi connectivity index (χ4v) is 3.69. The van der Waals surface area contributed by atoms with Crippen LogP contribution in [-0.2, 0) is 0 Å². The zero-order chi connectivity index (χ0) is 11.7. The molecule has 0 N–H and O–H groups in total. The molecule has 0 aliphatic carbocycles. The highest BCUT2D eigenvalue weighted by Gasteiger charge is 2.08. The molecule has 0 saturated heterocycles. The van der Waals surface area contributed by atoms with Crippen LogP contribution in [0.5, 0.6) is 0 Å². The number of halogens is 1. The second-order valence-electron chi connectivity index (χ2n) is 4.06. The number of thioether (sulfide) groups is 1. The Morgan fingerprint density at radius 2 is 2.19 bits per heavy atom. The predicted octanol–water partition coefficient (Wildman–Crippen LogP) is 4.51. The van der Waals surface area contributed by atoms with Crippen LogP contribution in [0, 0.1) is 12.8 Å². The van der Waals surface area contributed by atoms with Crippen molar-refractivity contribution in [2.24, 2.45) is 5.92 Å². The molecule has 2 aromatic rings. The molecule has 0 spiro atoms. The number of aromatic nitrogens is 2. The van der Waals surface area contributed by atoms with Gasteiger partial charge in [-0.2, -0.15) is 0 Å². The topological polar surface area (TPSA) is 25.8 Å². The van der Waals surface area contributed by atoms with E-state index >= 15 is 0 Å². The normalized spacial score (nSPS) is 11.6. The van der Waals surface area contributed by atoms with Crippen molar-refractivity contribution in [3.8, 4) is 0 Å². The number of aryl methyl sites for hydroxylation is 1. The molecule has 0 aromatic carbocycles. The third-order valence-corrected chi connectivity index (χ3v) is 5.40. The van der Waals surface area contributed by atoms with Gasteiger partial charge >= 0.3 is 0 Å². The molecule has 2 aromatic heterocycles. The van der Waals surface area contributed by atoms with Crippen LogP contribution in [0.2, 0.25) is 0 Å². The van der Waals surface area contributed by atoms with Crippen LogP contribution in [-0.4, -0.2) is 15.7 Å². The summed E-state index contributed by atoms with van der Waals surface area (Å²) in [6, 6.07) is 2.11. The van der Waals surface area contributed by atoms with Gasteiger partial charge in [-0.25, -0.2) is 9.97 Å². The van der Waals surface area contributed by atoms with Gasteiger partial charge in [0.25, 0.3) is 0 Å².